The third-order valence-electron chi connectivity index (χ3n) is 5.98. The molecule has 0 bridgehead atoms. The van der Waals surface area contributed by atoms with Crippen LogP contribution in [0.1, 0.15) is 5.56 Å². The molecule has 4 aromatic rings. The quantitative estimate of drug-likeness (QED) is 0.311. The highest BCUT2D eigenvalue weighted by molar-refractivity contribution is 7.80. The molecule has 0 radical (unpaired) electrons. The summed E-state index contributed by atoms with van der Waals surface area (Å²) < 4.78 is 0. The van der Waals surface area contributed by atoms with Crippen molar-refractivity contribution in [2.45, 2.75) is 6.54 Å². The SMILES string of the molecule is S=C(Nc1ccc(CN2CCNCC2)cc1)Nc1ccc(Cl)c(-c2nccc3ccccc23)c1. The molecule has 1 aliphatic heterocycles. The van der Waals surface area contributed by atoms with E-state index in [1.54, 1.807) is 0 Å². The maximum atomic E-state index is 6.56. The zero-order valence-corrected chi connectivity index (χ0v) is 20.3. The number of fused-ring (bicyclic) bond motifs is 1. The molecule has 1 fully saturated rings. The minimum Gasteiger partial charge on any atom is -0.332 e. The molecule has 5 nitrogen and oxygen atoms in total. The van der Waals surface area contributed by atoms with Crippen molar-refractivity contribution in [2.75, 3.05) is 36.8 Å². The van der Waals surface area contributed by atoms with Crippen molar-refractivity contribution in [2.24, 2.45) is 0 Å². The van der Waals surface area contributed by atoms with Gasteiger partial charge in [0.1, 0.15) is 0 Å². The molecule has 2 heterocycles. The van der Waals surface area contributed by atoms with Gasteiger partial charge in [-0.25, -0.2) is 0 Å². The molecule has 0 aliphatic carbocycles. The lowest BCUT2D eigenvalue weighted by atomic mass is 10.0. The van der Waals surface area contributed by atoms with Gasteiger partial charge in [0.2, 0.25) is 0 Å². The summed E-state index contributed by atoms with van der Waals surface area (Å²) in [5, 5.41) is 13.3. The number of halogens is 1. The number of thiocarbonyl (C=S) groups is 1. The van der Waals surface area contributed by atoms with Gasteiger partial charge < -0.3 is 16.0 Å². The van der Waals surface area contributed by atoms with E-state index in [1.807, 2.05) is 42.6 Å². The molecular weight excluding hydrogens is 462 g/mol. The molecule has 1 saturated heterocycles. The number of piperazine rings is 1. The highest BCUT2D eigenvalue weighted by atomic mass is 35.5. The number of aromatic nitrogens is 1. The Morgan fingerprint density at radius 3 is 2.50 bits per heavy atom. The van der Waals surface area contributed by atoms with E-state index in [1.165, 1.54) is 5.56 Å². The fourth-order valence-electron chi connectivity index (χ4n) is 4.23. The predicted octanol–water partition coefficient (Wildman–Crippen LogP) is 5.77. The largest absolute Gasteiger partial charge is 0.332 e. The van der Waals surface area contributed by atoms with Crippen molar-refractivity contribution in [3.8, 4) is 11.3 Å². The van der Waals surface area contributed by atoms with E-state index in [9.17, 15) is 0 Å². The van der Waals surface area contributed by atoms with Crippen molar-refractivity contribution in [3.05, 3.63) is 89.6 Å². The van der Waals surface area contributed by atoms with Gasteiger partial charge in [0.25, 0.3) is 0 Å². The number of anilines is 2. The summed E-state index contributed by atoms with van der Waals surface area (Å²) in [4.78, 5) is 7.07. The Hall–Kier alpha value is -3.03. The van der Waals surface area contributed by atoms with E-state index in [0.717, 1.165) is 66.1 Å². The Balaban J connectivity index is 1.27. The van der Waals surface area contributed by atoms with Gasteiger partial charge >= 0.3 is 0 Å². The van der Waals surface area contributed by atoms with E-state index < -0.39 is 0 Å². The molecule has 0 spiro atoms. The topological polar surface area (TPSA) is 52.2 Å². The number of benzene rings is 3. The lowest BCUT2D eigenvalue weighted by Crippen LogP contribution is -2.42. The van der Waals surface area contributed by atoms with Crippen molar-refractivity contribution in [1.29, 1.82) is 0 Å². The number of nitrogens with one attached hydrogen (secondary N) is 3. The Morgan fingerprint density at radius 2 is 1.68 bits per heavy atom. The van der Waals surface area contributed by atoms with Crippen molar-refractivity contribution < 1.29 is 0 Å². The smallest absolute Gasteiger partial charge is 0.175 e. The highest BCUT2D eigenvalue weighted by Gasteiger charge is 2.12. The number of hydrogen-bond acceptors (Lipinski definition) is 4. The van der Waals surface area contributed by atoms with Crippen molar-refractivity contribution in [3.63, 3.8) is 0 Å². The van der Waals surface area contributed by atoms with Crippen LogP contribution in [-0.4, -0.2) is 41.2 Å². The van der Waals surface area contributed by atoms with Crippen LogP contribution in [0.4, 0.5) is 11.4 Å². The average molecular weight is 488 g/mol. The summed E-state index contributed by atoms with van der Waals surface area (Å²) in [6, 6.07) is 24.4. The maximum absolute atomic E-state index is 6.56. The van der Waals surface area contributed by atoms with Gasteiger partial charge in [-0.2, -0.15) is 0 Å². The first kappa shape index (κ1) is 22.7. The Morgan fingerprint density at radius 1 is 0.941 bits per heavy atom. The van der Waals surface area contributed by atoms with Crippen LogP contribution in [0.25, 0.3) is 22.0 Å². The second-order valence-electron chi connectivity index (χ2n) is 8.38. The van der Waals surface area contributed by atoms with Gasteiger partial charge in [0.15, 0.2) is 5.11 Å². The van der Waals surface area contributed by atoms with Gasteiger partial charge in [0.05, 0.1) is 10.7 Å². The fraction of sp³-hybridized carbons (Fsp3) is 0.185. The Bertz CT molecular complexity index is 1300. The van der Waals surface area contributed by atoms with Crippen molar-refractivity contribution >= 4 is 51.1 Å². The highest BCUT2D eigenvalue weighted by Crippen LogP contribution is 2.33. The zero-order chi connectivity index (χ0) is 23.3. The second kappa shape index (κ2) is 10.5. The monoisotopic (exact) mass is 487 g/mol. The molecule has 0 saturated carbocycles. The maximum Gasteiger partial charge on any atom is 0.175 e. The molecule has 3 N–H and O–H groups in total. The van der Waals surface area contributed by atoms with E-state index in [2.05, 4.69) is 62.2 Å². The van der Waals surface area contributed by atoms with Crippen LogP contribution in [0.3, 0.4) is 0 Å². The standard InChI is InChI=1S/C27H26ClN5S/c28-25-10-9-22(17-24(25)26-23-4-2-1-3-20(23)11-12-30-26)32-27(34)31-21-7-5-19(6-8-21)18-33-15-13-29-14-16-33/h1-12,17,29H,13-16,18H2,(H2,31,32,34). The minimum atomic E-state index is 0.522. The number of rotatable bonds is 5. The number of hydrogen-bond donors (Lipinski definition) is 3. The first-order chi connectivity index (χ1) is 16.7. The predicted molar refractivity (Wildman–Crippen MR) is 147 cm³/mol. The summed E-state index contributed by atoms with van der Waals surface area (Å²) in [7, 11) is 0. The summed E-state index contributed by atoms with van der Waals surface area (Å²) in [5.41, 5.74) is 4.82. The van der Waals surface area contributed by atoms with Crippen LogP contribution in [0.15, 0.2) is 79.0 Å². The molecule has 34 heavy (non-hydrogen) atoms. The van der Waals surface area contributed by atoms with E-state index in [0.29, 0.717) is 10.1 Å². The van der Waals surface area contributed by atoms with Crippen LogP contribution in [0, 0.1) is 0 Å². The average Bonchev–Trinajstić information content (AvgIpc) is 2.87. The molecular formula is C27H26ClN5S. The van der Waals surface area contributed by atoms with Crippen LogP contribution in [0.5, 0.6) is 0 Å². The zero-order valence-electron chi connectivity index (χ0n) is 18.7. The Labute approximate surface area is 210 Å². The van der Waals surface area contributed by atoms with E-state index >= 15 is 0 Å². The first-order valence-electron chi connectivity index (χ1n) is 11.4. The van der Waals surface area contributed by atoms with Crippen LogP contribution in [-0.2, 0) is 6.54 Å². The minimum absolute atomic E-state index is 0.522. The molecule has 7 heteroatoms. The first-order valence-corrected chi connectivity index (χ1v) is 12.2. The summed E-state index contributed by atoms with van der Waals surface area (Å²) in [5.74, 6) is 0. The third kappa shape index (κ3) is 5.37. The summed E-state index contributed by atoms with van der Waals surface area (Å²) in [6.45, 7) is 5.27. The fourth-order valence-corrected chi connectivity index (χ4v) is 4.68. The van der Waals surface area contributed by atoms with Crippen LogP contribution < -0.4 is 16.0 Å². The van der Waals surface area contributed by atoms with Crippen molar-refractivity contribution in [1.82, 2.24) is 15.2 Å². The lowest BCUT2D eigenvalue weighted by Gasteiger charge is -2.27. The molecule has 5 rings (SSSR count). The lowest BCUT2D eigenvalue weighted by molar-refractivity contribution is 0.233. The van der Waals surface area contributed by atoms with Gasteiger partial charge in [-0.05, 0) is 59.6 Å². The van der Waals surface area contributed by atoms with Gasteiger partial charge in [-0.15, -0.1) is 0 Å². The van der Waals surface area contributed by atoms with E-state index in [4.69, 9.17) is 23.8 Å². The number of pyridine rings is 1. The molecule has 1 aliphatic rings. The van der Waals surface area contributed by atoms with Crippen LogP contribution >= 0.6 is 23.8 Å². The van der Waals surface area contributed by atoms with Crippen LogP contribution in [0.2, 0.25) is 5.02 Å². The molecule has 1 aromatic heterocycles. The normalized spacial score (nSPS) is 14.1. The van der Waals surface area contributed by atoms with Gasteiger partial charge in [-0.1, -0.05) is 48.0 Å². The second-order valence-corrected chi connectivity index (χ2v) is 9.19. The molecule has 172 valence electrons. The van der Waals surface area contributed by atoms with E-state index in [-0.39, 0.29) is 0 Å². The van der Waals surface area contributed by atoms with Gasteiger partial charge in [-0.3, -0.25) is 9.88 Å². The summed E-state index contributed by atoms with van der Waals surface area (Å²) >= 11 is 12.1. The summed E-state index contributed by atoms with van der Waals surface area (Å²) in [6.07, 6.45) is 1.81. The molecule has 0 atom stereocenters. The Kier molecular flexibility index (Phi) is 7.02. The molecule has 0 amide bonds. The molecule has 0 unspecified atom stereocenters. The number of nitrogens with zero attached hydrogens (tertiary/aromatic N) is 2. The van der Waals surface area contributed by atoms with Gasteiger partial charge in [0, 0.05) is 61.2 Å². The molecule has 3 aromatic carbocycles. The third-order valence-corrected chi connectivity index (χ3v) is 6.51.